The molecule has 3 rings (SSSR count). The Kier molecular flexibility index (Phi) is 4.86. The van der Waals surface area contributed by atoms with Crippen molar-refractivity contribution in [2.75, 3.05) is 19.5 Å². The van der Waals surface area contributed by atoms with Crippen LogP contribution in [0.1, 0.15) is 11.1 Å². The first-order chi connectivity index (χ1) is 12.0. The Bertz CT molecular complexity index is 981. The highest BCUT2D eigenvalue weighted by molar-refractivity contribution is 6.32. The van der Waals surface area contributed by atoms with Gasteiger partial charge in [-0.3, -0.25) is 0 Å². The fraction of sp³-hybridized carbons (Fsp3) is 0.211. The van der Waals surface area contributed by atoms with Crippen LogP contribution >= 0.6 is 11.6 Å². The lowest BCUT2D eigenvalue weighted by molar-refractivity contribution is 0.355. The van der Waals surface area contributed by atoms with E-state index in [4.69, 9.17) is 25.5 Å². The molecule has 1 aromatic heterocycles. The predicted molar refractivity (Wildman–Crippen MR) is 99.1 cm³/mol. The SMILES string of the molecule is COc1ccc(NCc2cc(=O)oc3cc(C)c(Cl)cc23)cc1OC. The van der Waals surface area contributed by atoms with Crippen LogP contribution in [-0.4, -0.2) is 14.2 Å². The Morgan fingerprint density at radius 3 is 2.56 bits per heavy atom. The Labute approximate surface area is 150 Å². The number of rotatable bonds is 5. The molecule has 0 amide bonds. The number of ether oxygens (including phenoxy) is 2. The highest BCUT2D eigenvalue weighted by Gasteiger charge is 2.09. The van der Waals surface area contributed by atoms with Crippen molar-refractivity contribution < 1.29 is 13.9 Å². The van der Waals surface area contributed by atoms with E-state index in [1.165, 1.54) is 6.07 Å². The van der Waals surface area contributed by atoms with E-state index in [2.05, 4.69) is 5.32 Å². The summed E-state index contributed by atoms with van der Waals surface area (Å²) >= 11 is 6.22. The van der Waals surface area contributed by atoms with Gasteiger partial charge in [0.15, 0.2) is 11.5 Å². The maximum absolute atomic E-state index is 11.8. The molecule has 0 atom stereocenters. The lowest BCUT2D eigenvalue weighted by Gasteiger charge is -2.12. The molecule has 0 unspecified atom stereocenters. The van der Waals surface area contributed by atoms with Crippen LogP contribution in [0.25, 0.3) is 11.0 Å². The monoisotopic (exact) mass is 359 g/mol. The molecule has 0 bridgehead atoms. The first kappa shape index (κ1) is 17.2. The summed E-state index contributed by atoms with van der Waals surface area (Å²) in [6, 6.07) is 10.6. The van der Waals surface area contributed by atoms with Crippen LogP contribution in [0.4, 0.5) is 5.69 Å². The van der Waals surface area contributed by atoms with Crippen molar-refractivity contribution in [1.29, 1.82) is 0 Å². The van der Waals surface area contributed by atoms with Gasteiger partial charge in [0.2, 0.25) is 0 Å². The number of anilines is 1. The third-order valence-corrected chi connectivity index (χ3v) is 4.38. The van der Waals surface area contributed by atoms with Gasteiger partial charge in [0.1, 0.15) is 5.58 Å². The van der Waals surface area contributed by atoms with Crippen molar-refractivity contribution in [3.63, 3.8) is 0 Å². The van der Waals surface area contributed by atoms with Crippen LogP contribution in [0, 0.1) is 6.92 Å². The zero-order valence-electron chi connectivity index (χ0n) is 14.2. The summed E-state index contributed by atoms with van der Waals surface area (Å²) in [6.07, 6.45) is 0. The van der Waals surface area contributed by atoms with E-state index >= 15 is 0 Å². The van der Waals surface area contributed by atoms with E-state index in [0.717, 1.165) is 22.2 Å². The van der Waals surface area contributed by atoms with Crippen LogP contribution in [0.2, 0.25) is 5.02 Å². The minimum absolute atomic E-state index is 0.390. The Balaban J connectivity index is 1.93. The molecule has 0 aliphatic carbocycles. The second-order valence-corrected chi connectivity index (χ2v) is 6.02. The van der Waals surface area contributed by atoms with Gasteiger partial charge in [0.25, 0.3) is 0 Å². The fourth-order valence-electron chi connectivity index (χ4n) is 2.64. The number of aryl methyl sites for hydroxylation is 1. The Hall–Kier alpha value is -2.66. The molecule has 0 radical (unpaired) electrons. The summed E-state index contributed by atoms with van der Waals surface area (Å²) in [7, 11) is 3.17. The van der Waals surface area contributed by atoms with Gasteiger partial charge in [-0.05, 0) is 42.3 Å². The summed E-state index contributed by atoms with van der Waals surface area (Å²) in [5.74, 6) is 1.28. The van der Waals surface area contributed by atoms with E-state index in [9.17, 15) is 4.79 Å². The van der Waals surface area contributed by atoms with Crippen molar-refractivity contribution in [2.45, 2.75) is 13.5 Å². The van der Waals surface area contributed by atoms with Gasteiger partial charge in [-0.2, -0.15) is 0 Å². The zero-order chi connectivity index (χ0) is 18.0. The number of methoxy groups -OCH3 is 2. The second kappa shape index (κ2) is 7.07. The van der Waals surface area contributed by atoms with Gasteiger partial charge in [0, 0.05) is 34.8 Å². The molecule has 0 fully saturated rings. The Morgan fingerprint density at radius 2 is 1.84 bits per heavy atom. The summed E-state index contributed by atoms with van der Waals surface area (Å²) in [5, 5.41) is 4.72. The minimum atomic E-state index is -0.390. The maximum Gasteiger partial charge on any atom is 0.336 e. The van der Waals surface area contributed by atoms with E-state index in [1.807, 2.05) is 31.2 Å². The summed E-state index contributed by atoms with van der Waals surface area (Å²) in [5.41, 5.74) is 2.65. The number of hydrogen-bond acceptors (Lipinski definition) is 5. The highest BCUT2D eigenvalue weighted by Crippen LogP contribution is 2.30. The second-order valence-electron chi connectivity index (χ2n) is 5.61. The van der Waals surface area contributed by atoms with Gasteiger partial charge < -0.3 is 19.2 Å². The van der Waals surface area contributed by atoms with Crippen molar-refractivity contribution in [3.8, 4) is 11.5 Å². The smallest absolute Gasteiger partial charge is 0.336 e. The van der Waals surface area contributed by atoms with Crippen molar-refractivity contribution in [2.24, 2.45) is 0 Å². The average Bonchev–Trinajstić information content (AvgIpc) is 2.60. The van der Waals surface area contributed by atoms with Gasteiger partial charge in [-0.15, -0.1) is 0 Å². The number of halogens is 1. The molecule has 0 saturated heterocycles. The lowest BCUT2D eigenvalue weighted by Crippen LogP contribution is -2.06. The molecule has 130 valence electrons. The molecule has 3 aromatic rings. The minimum Gasteiger partial charge on any atom is -0.493 e. The van der Waals surface area contributed by atoms with Crippen molar-refractivity contribution in [1.82, 2.24) is 0 Å². The van der Waals surface area contributed by atoms with E-state index in [-0.39, 0.29) is 0 Å². The number of fused-ring (bicyclic) bond motifs is 1. The first-order valence-electron chi connectivity index (χ1n) is 7.70. The third kappa shape index (κ3) is 3.56. The number of hydrogen-bond donors (Lipinski definition) is 1. The maximum atomic E-state index is 11.8. The van der Waals surface area contributed by atoms with Crippen LogP contribution < -0.4 is 20.4 Å². The molecule has 25 heavy (non-hydrogen) atoms. The summed E-state index contributed by atoms with van der Waals surface area (Å²) in [4.78, 5) is 11.8. The van der Waals surface area contributed by atoms with Crippen LogP contribution in [0.15, 0.2) is 45.6 Å². The quantitative estimate of drug-likeness (QED) is 0.685. The van der Waals surface area contributed by atoms with Gasteiger partial charge >= 0.3 is 5.63 Å². The molecule has 0 aliphatic rings. The standard InChI is InChI=1S/C19H18ClNO4/c1-11-6-17-14(9-15(11)20)12(7-19(22)25-17)10-21-13-4-5-16(23-2)18(8-13)24-3/h4-9,21H,10H2,1-3H3. The topological polar surface area (TPSA) is 60.7 Å². The molecule has 2 aromatic carbocycles. The molecule has 0 spiro atoms. The molecular formula is C19H18ClNO4. The van der Waals surface area contributed by atoms with Gasteiger partial charge in [-0.25, -0.2) is 4.79 Å². The molecule has 1 N–H and O–H groups in total. The zero-order valence-corrected chi connectivity index (χ0v) is 14.9. The van der Waals surface area contributed by atoms with Gasteiger partial charge in [0.05, 0.1) is 14.2 Å². The lowest BCUT2D eigenvalue weighted by atomic mass is 10.1. The third-order valence-electron chi connectivity index (χ3n) is 3.98. The number of nitrogens with one attached hydrogen (secondary N) is 1. The van der Waals surface area contributed by atoms with Crippen molar-refractivity contribution in [3.05, 3.63) is 63.0 Å². The van der Waals surface area contributed by atoms with Gasteiger partial charge in [-0.1, -0.05) is 11.6 Å². The predicted octanol–water partition coefficient (Wildman–Crippen LogP) is 4.38. The average molecular weight is 360 g/mol. The largest absolute Gasteiger partial charge is 0.493 e. The summed E-state index contributed by atoms with van der Waals surface area (Å²) < 4.78 is 15.8. The normalized spacial score (nSPS) is 10.7. The fourth-order valence-corrected chi connectivity index (χ4v) is 2.80. The van der Waals surface area contributed by atoms with Crippen molar-refractivity contribution >= 4 is 28.3 Å². The molecule has 0 saturated carbocycles. The van der Waals surface area contributed by atoms with E-state index in [1.54, 1.807) is 20.3 Å². The molecular weight excluding hydrogens is 342 g/mol. The molecule has 0 aliphatic heterocycles. The number of benzene rings is 2. The highest BCUT2D eigenvalue weighted by atomic mass is 35.5. The van der Waals surface area contributed by atoms with Crippen LogP contribution in [0.3, 0.4) is 0 Å². The van der Waals surface area contributed by atoms with E-state index < -0.39 is 5.63 Å². The summed E-state index contributed by atoms with van der Waals surface area (Å²) in [6.45, 7) is 2.31. The van der Waals surface area contributed by atoms with Crippen LogP contribution in [-0.2, 0) is 6.54 Å². The van der Waals surface area contributed by atoms with E-state index in [0.29, 0.717) is 28.6 Å². The molecule has 5 nitrogen and oxygen atoms in total. The van der Waals surface area contributed by atoms with Crippen LogP contribution in [0.5, 0.6) is 11.5 Å². The molecule has 1 heterocycles. The first-order valence-corrected chi connectivity index (χ1v) is 8.08. The Morgan fingerprint density at radius 1 is 1.08 bits per heavy atom. The molecule has 6 heteroatoms.